The summed E-state index contributed by atoms with van der Waals surface area (Å²) in [6.45, 7) is 9.27. The molecule has 1 aromatic heterocycles. The minimum Gasteiger partial charge on any atom is -0.444 e. The highest BCUT2D eigenvalue weighted by Gasteiger charge is 2.31. The van der Waals surface area contributed by atoms with E-state index in [0.717, 1.165) is 18.5 Å². The van der Waals surface area contributed by atoms with Crippen molar-refractivity contribution in [2.24, 2.45) is 5.92 Å². The van der Waals surface area contributed by atoms with E-state index in [9.17, 15) is 18.0 Å². The molecule has 1 aromatic carbocycles. The number of hydrogen-bond acceptors (Lipinski definition) is 6. The predicted octanol–water partition coefficient (Wildman–Crippen LogP) is 5.86. The summed E-state index contributed by atoms with van der Waals surface area (Å²) in [4.78, 5) is 17.1. The summed E-state index contributed by atoms with van der Waals surface area (Å²) >= 11 is 0. The van der Waals surface area contributed by atoms with Gasteiger partial charge in [0.15, 0.2) is 0 Å². The van der Waals surface area contributed by atoms with Crippen LogP contribution in [0.3, 0.4) is 0 Å². The first-order chi connectivity index (χ1) is 16.9. The second kappa shape index (κ2) is 11.5. The van der Waals surface area contributed by atoms with Crippen molar-refractivity contribution in [3.63, 3.8) is 0 Å². The minimum absolute atomic E-state index is 0.293. The Morgan fingerprint density at radius 3 is 2.53 bits per heavy atom. The van der Waals surface area contributed by atoms with Gasteiger partial charge in [0.1, 0.15) is 22.9 Å². The highest BCUT2D eigenvalue weighted by atomic mass is 19.4. The van der Waals surface area contributed by atoms with E-state index >= 15 is 0 Å². The number of piperidine rings is 1. The number of anilines is 1. The van der Waals surface area contributed by atoms with Gasteiger partial charge in [-0.25, -0.2) is 4.79 Å². The summed E-state index contributed by atoms with van der Waals surface area (Å²) in [6, 6.07) is 9.18. The standard InChI is InChI=1S/C25H32F3N5O3/c1-17-8-9-22(30-15-18-10-12-33(13-11-18)23(34)36-24(2,3)4)32-31-21(16-29-17)19-6-5-7-20(14-19)35-25(26,27)28/h5-9,14,16,18,29-30H,10-13,15H2,1-4H3. The number of ether oxygens (including phenoxy) is 2. The number of nitrogens with one attached hydrogen (secondary N) is 2. The lowest BCUT2D eigenvalue weighted by atomic mass is 9.97. The van der Waals surface area contributed by atoms with Gasteiger partial charge < -0.3 is 24.7 Å². The number of aromatic nitrogens is 3. The number of likely N-dealkylation sites (tertiary alicyclic amines) is 1. The Labute approximate surface area is 208 Å². The van der Waals surface area contributed by atoms with E-state index in [1.54, 1.807) is 23.2 Å². The number of carbonyl (C=O) groups excluding carboxylic acids is 1. The molecule has 0 aliphatic carbocycles. The van der Waals surface area contributed by atoms with Crippen LogP contribution in [0.1, 0.15) is 39.3 Å². The lowest BCUT2D eigenvalue weighted by Crippen LogP contribution is -2.42. The predicted molar refractivity (Wildman–Crippen MR) is 130 cm³/mol. The lowest BCUT2D eigenvalue weighted by Gasteiger charge is -2.33. The van der Waals surface area contributed by atoms with Gasteiger partial charge in [0.2, 0.25) is 0 Å². The first-order valence-electron chi connectivity index (χ1n) is 11.7. The third-order valence-electron chi connectivity index (χ3n) is 5.39. The summed E-state index contributed by atoms with van der Waals surface area (Å²) < 4.78 is 47.3. The van der Waals surface area contributed by atoms with Crippen molar-refractivity contribution in [3.05, 3.63) is 48.3 Å². The number of nitrogens with zero attached hydrogens (tertiary/aromatic N) is 3. The molecule has 2 heterocycles. The number of aromatic amines is 1. The van der Waals surface area contributed by atoms with Crippen LogP contribution in [-0.2, 0) is 4.74 Å². The summed E-state index contributed by atoms with van der Waals surface area (Å²) in [6.07, 6.45) is -1.86. The summed E-state index contributed by atoms with van der Waals surface area (Å²) in [7, 11) is 0. The van der Waals surface area contributed by atoms with E-state index in [1.807, 2.05) is 33.8 Å². The minimum atomic E-state index is -4.78. The second-order valence-electron chi connectivity index (χ2n) is 9.64. The molecular weight excluding hydrogens is 475 g/mol. The average Bonchev–Trinajstić information content (AvgIpc) is 2.87. The van der Waals surface area contributed by atoms with Crippen molar-refractivity contribution in [1.82, 2.24) is 20.1 Å². The fraction of sp³-hybridized carbons (Fsp3) is 0.480. The van der Waals surface area contributed by atoms with Crippen LogP contribution >= 0.6 is 0 Å². The summed E-state index contributed by atoms with van der Waals surface area (Å²) in [5.41, 5.74) is 1.03. The monoisotopic (exact) mass is 507 g/mol. The highest BCUT2D eigenvalue weighted by Crippen LogP contribution is 2.26. The lowest BCUT2D eigenvalue weighted by molar-refractivity contribution is -0.274. The fourth-order valence-electron chi connectivity index (χ4n) is 3.59. The van der Waals surface area contributed by atoms with Crippen molar-refractivity contribution in [2.45, 2.75) is 52.5 Å². The average molecular weight is 508 g/mol. The molecule has 0 spiro atoms. The van der Waals surface area contributed by atoms with Crippen LogP contribution in [0.5, 0.6) is 5.75 Å². The van der Waals surface area contributed by atoms with E-state index in [0.29, 0.717) is 42.6 Å². The molecule has 11 heteroatoms. The number of benzene rings is 1. The molecule has 1 amide bonds. The van der Waals surface area contributed by atoms with Crippen LogP contribution in [0.15, 0.2) is 42.6 Å². The molecule has 196 valence electrons. The van der Waals surface area contributed by atoms with E-state index < -0.39 is 12.0 Å². The third-order valence-corrected chi connectivity index (χ3v) is 5.39. The topological polar surface area (TPSA) is 92.4 Å². The molecule has 1 aliphatic rings. The molecule has 3 rings (SSSR count). The molecule has 36 heavy (non-hydrogen) atoms. The third kappa shape index (κ3) is 8.94. The van der Waals surface area contributed by atoms with Gasteiger partial charge in [-0.3, -0.25) is 0 Å². The Hall–Kier alpha value is -3.50. The van der Waals surface area contributed by atoms with E-state index in [1.165, 1.54) is 18.2 Å². The molecule has 0 bridgehead atoms. The molecule has 0 unspecified atom stereocenters. The fourth-order valence-corrected chi connectivity index (χ4v) is 3.59. The molecule has 8 nitrogen and oxygen atoms in total. The molecule has 1 fully saturated rings. The van der Waals surface area contributed by atoms with E-state index in [4.69, 9.17) is 4.74 Å². The molecule has 1 saturated heterocycles. The van der Waals surface area contributed by atoms with Crippen molar-refractivity contribution < 1.29 is 27.4 Å². The van der Waals surface area contributed by atoms with Crippen LogP contribution in [0, 0.1) is 12.8 Å². The van der Waals surface area contributed by atoms with Gasteiger partial charge in [0, 0.05) is 37.1 Å². The maximum atomic E-state index is 12.6. The van der Waals surface area contributed by atoms with Crippen molar-refractivity contribution >= 4 is 11.9 Å². The van der Waals surface area contributed by atoms with E-state index in [2.05, 4.69) is 25.2 Å². The number of halogens is 3. The molecule has 2 aromatic rings. The van der Waals surface area contributed by atoms with E-state index in [-0.39, 0.29) is 11.8 Å². The van der Waals surface area contributed by atoms with Crippen LogP contribution in [0.25, 0.3) is 11.3 Å². The molecule has 0 radical (unpaired) electrons. The van der Waals surface area contributed by atoms with Crippen molar-refractivity contribution in [1.29, 1.82) is 0 Å². The van der Waals surface area contributed by atoms with Crippen LogP contribution < -0.4 is 10.1 Å². The molecule has 0 saturated carbocycles. The number of carbonyl (C=O) groups is 1. The summed E-state index contributed by atoms with van der Waals surface area (Å²) in [5, 5.41) is 11.8. The number of rotatable bonds is 5. The zero-order valence-electron chi connectivity index (χ0n) is 20.9. The van der Waals surface area contributed by atoms with Crippen molar-refractivity contribution in [2.75, 3.05) is 25.0 Å². The zero-order chi connectivity index (χ0) is 26.3. The Bertz CT molecular complexity index is 1090. The van der Waals surface area contributed by atoms with Gasteiger partial charge >= 0.3 is 12.5 Å². The molecule has 1 aliphatic heterocycles. The molecular formula is C25H32F3N5O3. The highest BCUT2D eigenvalue weighted by molar-refractivity contribution is 5.68. The summed E-state index contributed by atoms with van der Waals surface area (Å²) in [5.74, 6) is 0.512. The van der Waals surface area contributed by atoms with Crippen LogP contribution in [0.2, 0.25) is 0 Å². The SMILES string of the molecule is Cc1ccc(NCC2CCN(C(=O)OC(C)(C)C)CC2)nnc(-c2cccc(OC(F)(F)F)c2)c[nH]1. The van der Waals surface area contributed by atoms with Crippen LogP contribution in [-0.4, -0.2) is 57.8 Å². The zero-order valence-corrected chi connectivity index (χ0v) is 20.9. The molecule has 0 atom stereocenters. The smallest absolute Gasteiger partial charge is 0.444 e. The van der Waals surface area contributed by atoms with Crippen molar-refractivity contribution in [3.8, 4) is 17.0 Å². The first-order valence-corrected chi connectivity index (χ1v) is 11.7. The maximum absolute atomic E-state index is 12.6. The van der Waals surface area contributed by atoms with Gasteiger partial charge in [0.25, 0.3) is 0 Å². The Kier molecular flexibility index (Phi) is 8.65. The number of hydrogen-bond donors (Lipinski definition) is 2. The maximum Gasteiger partial charge on any atom is 0.573 e. The molecule has 2 N–H and O–H groups in total. The van der Waals surface area contributed by atoms with Gasteiger partial charge in [-0.2, -0.15) is 0 Å². The number of amides is 1. The number of H-pyrrole nitrogens is 1. The Morgan fingerprint density at radius 1 is 1.14 bits per heavy atom. The van der Waals surface area contributed by atoms with Gasteiger partial charge in [-0.05, 0) is 70.7 Å². The second-order valence-corrected chi connectivity index (χ2v) is 9.64. The Balaban J connectivity index is 1.68. The quantitative estimate of drug-likeness (QED) is 0.527. The van der Waals surface area contributed by atoms with Gasteiger partial charge in [-0.15, -0.1) is 23.4 Å². The first kappa shape index (κ1) is 27.1. The normalized spacial score (nSPS) is 14.7. The number of alkyl halides is 3. The van der Waals surface area contributed by atoms with Gasteiger partial charge in [0.05, 0.1) is 0 Å². The van der Waals surface area contributed by atoms with Gasteiger partial charge in [-0.1, -0.05) is 12.1 Å². The Morgan fingerprint density at radius 2 is 1.86 bits per heavy atom. The largest absolute Gasteiger partial charge is 0.573 e. The van der Waals surface area contributed by atoms with Crippen LogP contribution in [0.4, 0.5) is 23.8 Å². The number of aryl methyl sites for hydroxylation is 1.